The molecule has 26 heavy (non-hydrogen) atoms. The summed E-state index contributed by atoms with van der Waals surface area (Å²) in [5.41, 5.74) is 3.27. The Bertz CT molecular complexity index is 982. The molecule has 1 atom stereocenters. The van der Waals surface area contributed by atoms with Crippen molar-refractivity contribution in [2.45, 2.75) is 17.7 Å². The molecular formula is C19H18N2O4S. The van der Waals surface area contributed by atoms with Crippen LogP contribution in [0.2, 0.25) is 0 Å². The molecule has 1 aromatic heterocycles. The van der Waals surface area contributed by atoms with Crippen LogP contribution in [0.3, 0.4) is 0 Å². The van der Waals surface area contributed by atoms with Crippen molar-refractivity contribution in [1.29, 1.82) is 0 Å². The van der Waals surface area contributed by atoms with Crippen molar-refractivity contribution in [3.8, 4) is 17.4 Å². The van der Waals surface area contributed by atoms with Crippen LogP contribution in [0.1, 0.15) is 12.0 Å². The van der Waals surface area contributed by atoms with Crippen molar-refractivity contribution in [3.63, 3.8) is 0 Å². The van der Waals surface area contributed by atoms with Gasteiger partial charge in [0.1, 0.15) is 5.69 Å². The first-order valence-electron chi connectivity index (χ1n) is 8.26. The van der Waals surface area contributed by atoms with Gasteiger partial charge >= 0.3 is 0 Å². The molecule has 3 N–H and O–H groups in total. The molecule has 7 heteroatoms. The van der Waals surface area contributed by atoms with E-state index in [1.165, 1.54) is 28.3 Å². The van der Waals surface area contributed by atoms with Crippen molar-refractivity contribution in [1.82, 2.24) is 4.57 Å². The first-order chi connectivity index (χ1) is 12.6. The first kappa shape index (κ1) is 16.7. The van der Waals surface area contributed by atoms with Gasteiger partial charge in [0, 0.05) is 18.3 Å². The average molecular weight is 370 g/mol. The molecule has 6 nitrogen and oxygen atoms in total. The summed E-state index contributed by atoms with van der Waals surface area (Å²) in [6, 6.07) is 15.7. The number of aromatic hydroxyl groups is 2. The van der Waals surface area contributed by atoms with Gasteiger partial charge in [0.05, 0.1) is 10.6 Å². The standard InChI is InChI=1S/C19H18N2O4S/c22-18-12-17(20-11-3-5-13-4-1-2-6-16(13)20)19(23)21(18)14-7-9-15(10-8-14)26(24)25/h1-2,4,6-10,12,22-23H,3,5,11H2,(H,24,25). The number of para-hydroxylation sites is 1. The largest absolute Gasteiger partial charge is 0.494 e. The average Bonchev–Trinajstić information content (AvgIpc) is 2.95. The van der Waals surface area contributed by atoms with Crippen molar-refractivity contribution >= 4 is 22.5 Å². The number of hydrogen-bond acceptors (Lipinski definition) is 4. The highest BCUT2D eigenvalue weighted by Gasteiger charge is 2.25. The Labute approximate surface area is 153 Å². The van der Waals surface area contributed by atoms with E-state index >= 15 is 0 Å². The van der Waals surface area contributed by atoms with Gasteiger partial charge in [0.2, 0.25) is 11.8 Å². The molecule has 0 saturated carbocycles. The summed E-state index contributed by atoms with van der Waals surface area (Å²) in [6.07, 6.45) is 1.94. The summed E-state index contributed by atoms with van der Waals surface area (Å²) in [6.45, 7) is 0.746. The van der Waals surface area contributed by atoms with Crippen molar-refractivity contribution in [3.05, 3.63) is 60.2 Å². The van der Waals surface area contributed by atoms with Crippen LogP contribution in [-0.2, 0) is 17.5 Å². The second-order valence-electron chi connectivity index (χ2n) is 6.17. The highest BCUT2D eigenvalue weighted by Crippen LogP contribution is 2.43. The summed E-state index contributed by atoms with van der Waals surface area (Å²) in [7, 11) is 0. The topological polar surface area (TPSA) is 85.9 Å². The van der Waals surface area contributed by atoms with Crippen LogP contribution >= 0.6 is 0 Å². The van der Waals surface area contributed by atoms with Crippen molar-refractivity contribution < 1.29 is 19.0 Å². The maximum absolute atomic E-state index is 11.1. The zero-order valence-corrected chi connectivity index (χ0v) is 14.7. The van der Waals surface area contributed by atoms with Crippen LogP contribution in [-0.4, -0.2) is 30.1 Å². The predicted molar refractivity (Wildman–Crippen MR) is 99.9 cm³/mol. The molecule has 134 valence electrons. The molecule has 0 fully saturated rings. The minimum atomic E-state index is -2.07. The highest BCUT2D eigenvalue weighted by atomic mass is 32.2. The monoisotopic (exact) mass is 370 g/mol. The lowest BCUT2D eigenvalue weighted by molar-refractivity contribution is 0.402. The molecule has 3 aromatic rings. The number of anilines is 2. The predicted octanol–water partition coefficient (Wildman–Crippen LogP) is 3.55. The van der Waals surface area contributed by atoms with Gasteiger partial charge in [-0.3, -0.25) is 0 Å². The van der Waals surface area contributed by atoms with Gasteiger partial charge in [-0.1, -0.05) is 18.2 Å². The second-order valence-corrected chi connectivity index (χ2v) is 7.14. The number of aryl methyl sites for hydroxylation is 1. The first-order valence-corrected chi connectivity index (χ1v) is 9.37. The number of benzene rings is 2. The molecule has 0 bridgehead atoms. The Kier molecular flexibility index (Phi) is 4.18. The van der Waals surface area contributed by atoms with E-state index in [1.807, 2.05) is 23.1 Å². The fourth-order valence-corrected chi connectivity index (χ4v) is 3.79. The van der Waals surface area contributed by atoms with E-state index in [9.17, 15) is 14.4 Å². The molecule has 1 aliphatic heterocycles. The van der Waals surface area contributed by atoms with Crippen LogP contribution in [0.4, 0.5) is 11.4 Å². The van der Waals surface area contributed by atoms with Gasteiger partial charge in [-0.15, -0.1) is 0 Å². The molecule has 4 rings (SSSR count). The summed E-state index contributed by atoms with van der Waals surface area (Å²) in [5.74, 6) is -0.171. The normalized spacial score (nSPS) is 14.9. The van der Waals surface area contributed by atoms with Gasteiger partial charge < -0.3 is 19.7 Å². The number of hydrogen-bond donors (Lipinski definition) is 3. The summed E-state index contributed by atoms with van der Waals surface area (Å²) in [5, 5.41) is 21.2. The Morgan fingerprint density at radius 1 is 0.962 bits per heavy atom. The Morgan fingerprint density at radius 2 is 1.69 bits per heavy atom. The van der Waals surface area contributed by atoms with Gasteiger partial charge in [0.25, 0.3) is 0 Å². The second kappa shape index (κ2) is 6.51. The minimum absolute atomic E-state index is 0.0722. The minimum Gasteiger partial charge on any atom is -0.494 e. The molecule has 2 heterocycles. The number of nitrogens with zero attached hydrogens (tertiary/aromatic N) is 2. The fraction of sp³-hybridized carbons (Fsp3) is 0.158. The van der Waals surface area contributed by atoms with Crippen LogP contribution in [0, 0.1) is 0 Å². The van der Waals surface area contributed by atoms with E-state index in [1.54, 1.807) is 12.1 Å². The van der Waals surface area contributed by atoms with Crippen molar-refractivity contribution in [2.24, 2.45) is 0 Å². The molecule has 1 unspecified atom stereocenters. The maximum atomic E-state index is 11.1. The van der Waals surface area contributed by atoms with Crippen LogP contribution < -0.4 is 4.90 Å². The molecule has 1 aliphatic rings. The number of fused-ring (bicyclic) bond motifs is 1. The van der Waals surface area contributed by atoms with Crippen LogP contribution in [0.5, 0.6) is 11.8 Å². The lowest BCUT2D eigenvalue weighted by Crippen LogP contribution is -2.24. The van der Waals surface area contributed by atoms with E-state index in [-0.39, 0.29) is 16.7 Å². The van der Waals surface area contributed by atoms with Gasteiger partial charge in [0.15, 0.2) is 11.1 Å². The van der Waals surface area contributed by atoms with Gasteiger partial charge in [-0.05, 0) is 48.7 Å². The molecule has 0 amide bonds. The zero-order chi connectivity index (χ0) is 18.3. The molecule has 2 aromatic carbocycles. The Morgan fingerprint density at radius 3 is 2.42 bits per heavy atom. The smallest absolute Gasteiger partial charge is 0.223 e. The third-order valence-corrected chi connectivity index (χ3v) is 5.31. The molecule has 0 radical (unpaired) electrons. The van der Waals surface area contributed by atoms with E-state index in [2.05, 4.69) is 6.07 Å². The third-order valence-electron chi connectivity index (χ3n) is 4.63. The van der Waals surface area contributed by atoms with Gasteiger partial charge in [-0.25, -0.2) is 8.78 Å². The summed E-state index contributed by atoms with van der Waals surface area (Å²) < 4.78 is 21.5. The third kappa shape index (κ3) is 2.75. The van der Waals surface area contributed by atoms with Gasteiger partial charge in [-0.2, -0.15) is 0 Å². The Balaban J connectivity index is 1.77. The quantitative estimate of drug-likeness (QED) is 0.614. The van der Waals surface area contributed by atoms with Crippen LogP contribution in [0.25, 0.3) is 5.69 Å². The van der Waals surface area contributed by atoms with Crippen LogP contribution in [0.15, 0.2) is 59.5 Å². The van der Waals surface area contributed by atoms with E-state index in [0.717, 1.165) is 25.1 Å². The molecule has 0 spiro atoms. The fourth-order valence-electron chi connectivity index (χ4n) is 3.42. The molecule has 0 aliphatic carbocycles. The lowest BCUT2D eigenvalue weighted by atomic mass is 10.0. The summed E-state index contributed by atoms with van der Waals surface area (Å²) in [4.78, 5) is 2.26. The highest BCUT2D eigenvalue weighted by molar-refractivity contribution is 7.79. The molecule has 0 saturated heterocycles. The van der Waals surface area contributed by atoms with E-state index in [4.69, 9.17) is 4.55 Å². The number of aromatic nitrogens is 1. The lowest BCUT2D eigenvalue weighted by Gasteiger charge is -2.30. The summed E-state index contributed by atoms with van der Waals surface area (Å²) >= 11 is -2.07. The zero-order valence-electron chi connectivity index (χ0n) is 13.9. The SMILES string of the molecule is O=S(O)c1ccc(-n2c(O)cc(N3CCCc4ccccc43)c2O)cc1. The Hall–Kier alpha value is -2.77. The number of rotatable bonds is 3. The molecular weight excluding hydrogens is 352 g/mol. The van der Waals surface area contributed by atoms with E-state index < -0.39 is 11.1 Å². The van der Waals surface area contributed by atoms with E-state index in [0.29, 0.717) is 11.4 Å². The van der Waals surface area contributed by atoms with Crippen molar-refractivity contribution in [2.75, 3.05) is 11.4 Å². The maximum Gasteiger partial charge on any atom is 0.223 e.